The molecule has 1 aromatic rings. The van der Waals surface area contributed by atoms with Crippen LogP contribution in [0, 0.1) is 13.8 Å². The minimum absolute atomic E-state index is 0.0796. The molecule has 1 aliphatic carbocycles. The molecule has 1 saturated heterocycles. The first-order valence-corrected chi connectivity index (χ1v) is 10.9. The van der Waals surface area contributed by atoms with Gasteiger partial charge in [0.2, 0.25) is 5.91 Å². The first-order chi connectivity index (χ1) is 13.5. The molecule has 0 radical (unpaired) electrons. The number of morpholine rings is 1. The second-order valence-electron chi connectivity index (χ2n) is 8.74. The summed E-state index contributed by atoms with van der Waals surface area (Å²) in [6.07, 6.45) is 6.95. The van der Waals surface area contributed by atoms with Crippen LogP contribution in [0.25, 0.3) is 0 Å². The lowest BCUT2D eigenvalue weighted by molar-refractivity contribution is -0.116. The Balaban J connectivity index is 1.52. The number of nitrogens with one attached hydrogen (secondary N) is 2. The largest absolute Gasteiger partial charge is 0.379 e. The van der Waals surface area contributed by atoms with Gasteiger partial charge in [-0.25, -0.2) is 0 Å². The molecule has 1 aliphatic heterocycles. The van der Waals surface area contributed by atoms with Crippen molar-refractivity contribution in [3.8, 4) is 0 Å². The number of anilines is 1. The summed E-state index contributed by atoms with van der Waals surface area (Å²) >= 11 is 0. The summed E-state index contributed by atoms with van der Waals surface area (Å²) in [5.74, 6) is 0.0796. The predicted octanol–water partition coefficient (Wildman–Crippen LogP) is 3.65. The second kappa shape index (κ2) is 9.86. The summed E-state index contributed by atoms with van der Waals surface area (Å²) in [5.41, 5.74) is 3.48. The molecule has 1 unspecified atom stereocenters. The van der Waals surface area contributed by atoms with E-state index in [1.807, 2.05) is 19.1 Å². The summed E-state index contributed by atoms with van der Waals surface area (Å²) in [5, 5.41) is 6.76. The van der Waals surface area contributed by atoms with Crippen molar-refractivity contribution in [2.45, 2.75) is 70.9 Å². The molecule has 1 saturated carbocycles. The van der Waals surface area contributed by atoms with Gasteiger partial charge in [-0.05, 0) is 45.2 Å². The number of ether oxygens (including phenoxy) is 1. The molecule has 2 aliphatic rings. The zero-order chi connectivity index (χ0) is 20.0. The van der Waals surface area contributed by atoms with Crippen molar-refractivity contribution in [1.29, 1.82) is 0 Å². The molecule has 2 fully saturated rings. The molecule has 2 N–H and O–H groups in total. The Bertz CT molecular complexity index is 649. The van der Waals surface area contributed by atoms with E-state index in [9.17, 15) is 4.79 Å². The van der Waals surface area contributed by atoms with Crippen LogP contribution in [0.4, 0.5) is 5.69 Å². The number of benzene rings is 1. The smallest absolute Gasteiger partial charge is 0.225 e. The molecule has 0 spiro atoms. The van der Waals surface area contributed by atoms with Crippen LogP contribution < -0.4 is 10.6 Å². The summed E-state index contributed by atoms with van der Waals surface area (Å²) in [6.45, 7) is 10.9. The number of hydrogen-bond acceptors (Lipinski definition) is 4. The molecule has 1 atom stereocenters. The van der Waals surface area contributed by atoms with Gasteiger partial charge in [0.1, 0.15) is 0 Å². The number of carbonyl (C=O) groups is 1. The molecule has 28 heavy (non-hydrogen) atoms. The fourth-order valence-corrected chi connectivity index (χ4v) is 4.72. The van der Waals surface area contributed by atoms with E-state index in [2.05, 4.69) is 35.4 Å². The Morgan fingerprint density at radius 2 is 1.89 bits per heavy atom. The van der Waals surface area contributed by atoms with E-state index >= 15 is 0 Å². The van der Waals surface area contributed by atoms with E-state index in [0.717, 1.165) is 44.1 Å². The Kier molecular flexibility index (Phi) is 7.49. The van der Waals surface area contributed by atoms with Crippen LogP contribution in [-0.2, 0) is 9.53 Å². The van der Waals surface area contributed by atoms with Gasteiger partial charge in [-0.3, -0.25) is 9.69 Å². The highest BCUT2D eigenvalue weighted by Crippen LogP contribution is 2.34. The van der Waals surface area contributed by atoms with Gasteiger partial charge in [-0.1, -0.05) is 37.0 Å². The first-order valence-electron chi connectivity index (χ1n) is 10.9. The Labute approximate surface area is 170 Å². The molecule has 0 aromatic heterocycles. The summed E-state index contributed by atoms with van der Waals surface area (Å²) in [4.78, 5) is 15.2. The van der Waals surface area contributed by atoms with Crippen molar-refractivity contribution in [3.05, 3.63) is 29.3 Å². The average molecular weight is 388 g/mol. The van der Waals surface area contributed by atoms with E-state index in [0.29, 0.717) is 6.42 Å². The standard InChI is InChI=1S/C23H37N3O2/c1-18-7-8-21(19(2)15-18)25-22(27)16-20(3)24-17-23(9-5-4-6-10-23)26-11-13-28-14-12-26/h7-8,15,20,24H,4-6,9-14,16-17H2,1-3H3,(H,25,27). The number of hydrogen-bond donors (Lipinski definition) is 2. The quantitative estimate of drug-likeness (QED) is 0.750. The van der Waals surface area contributed by atoms with Gasteiger partial charge in [0.05, 0.1) is 13.2 Å². The summed E-state index contributed by atoms with van der Waals surface area (Å²) in [7, 11) is 0. The summed E-state index contributed by atoms with van der Waals surface area (Å²) < 4.78 is 5.57. The van der Waals surface area contributed by atoms with Crippen LogP contribution in [0.15, 0.2) is 18.2 Å². The van der Waals surface area contributed by atoms with Crippen molar-refractivity contribution >= 4 is 11.6 Å². The molecule has 5 heteroatoms. The van der Waals surface area contributed by atoms with Gasteiger partial charge < -0.3 is 15.4 Å². The van der Waals surface area contributed by atoms with Crippen LogP contribution >= 0.6 is 0 Å². The monoisotopic (exact) mass is 387 g/mol. The minimum Gasteiger partial charge on any atom is -0.379 e. The fourth-order valence-electron chi connectivity index (χ4n) is 4.72. The van der Waals surface area contributed by atoms with Gasteiger partial charge in [0.15, 0.2) is 0 Å². The number of amides is 1. The van der Waals surface area contributed by atoms with Crippen LogP contribution in [0.5, 0.6) is 0 Å². The number of rotatable bonds is 7. The van der Waals surface area contributed by atoms with Crippen molar-refractivity contribution < 1.29 is 9.53 Å². The lowest BCUT2D eigenvalue weighted by atomic mass is 9.79. The van der Waals surface area contributed by atoms with Gasteiger partial charge >= 0.3 is 0 Å². The molecule has 1 amide bonds. The van der Waals surface area contributed by atoms with E-state index in [1.165, 1.54) is 37.7 Å². The number of carbonyl (C=O) groups excluding carboxylic acids is 1. The molecule has 0 bridgehead atoms. The molecule has 156 valence electrons. The predicted molar refractivity (Wildman–Crippen MR) is 115 cm³/mol. The van der Waals surface area contributed by atoms with E-state index in [-0.39, 0.29) is 17.5 Å². The Morgan fingerprint density at radius 1 is 1.18 bits per heavy atom. The van der Waals surface area contributed by atoms with Crippen molar-refractivity contribution in [2.75, 3.05) is 38.2 Å². The number of aryl methyl sites for hydroxylation is 2. The summed E-state index contributed by atoms with van der Waals surface area (Å²) in [6, 6.07) is 6.30. The fraction of sp³-hybridized carbons (Fsp3) is 0.696. The molecule has 5 nitrogen and oxygen atoms in total. The van der Waals surface area contributed by atoms with Gasteiger partial charge in [-0.15, -0.1) is 0 Å². The zero-order valence-electron chi connectivity index (χ0n) is 17.9. The lowest BCUT2D eigenvalue weighted by Gasteiger charge is -2.48. The van der Waals surface area contributed by atoms with Crippen LogP contribution in [0.2, 0.25) is 0 Å². The highest BCUT2D eigenvalue weighted by atomic mass is 16.5. The lowest BCUT2D eigenvalue weighted by Crippen LogP contribution is -2.60. The molecule has 1 heterocycles. The first kappa shape index (κ1) is 21.3. The van der Waals surface area contributed by atoms with E-state index in [4.69, 9.17) is 4.74 Å². The van der Waals surface area contributed by atoms with E-state index in [1.54, 1.807) is 0 Å². The van der Waals surface area contributed by atoms with Gasteiger partial charge in [0, 0.05) is 43.3 Å². The molecular weight excluding hydrogens is 350 g/mol. The second-order valence-corrected chi connectivity index (χ2v) is 8.74. The Morgan fingerprint density at radius 3 is 2.57 bits per heavy atom. The highest BCUT2D eigenvalue weighted by Gasteiger charge is 2.38. The maximum absolute atomic E-state index is 12.5. The SMILES string of the molecule is Cc1ccc(NC(=O)CC(C)NCC2(N3CCOCC3)CCCCC2)c(C)c1. The third kappa shape index (κ3) is 5.56. The van der Waals surface area contributed by atoms with Crippen molar-refractivity contribution in [3.63, 3.8) is 0 Å². The molecule has 3 rings (SSSR count). The highest BCUT2D eigenvalue weighted by molar-refractivity contribution is 5.91. The van der Waals surface area contributed by atoms with Crippen molar-refractivity contribution in [1.82, 2.24) is 10.2 Å². The number of nitrogens with zero attached hydrogens (tertiary/aromatic N) is 1. The van der Waals surface area contributed by atoms with Crippen LogP contribution in [-0.4, -0.2) is 55.2 Å². The molecule has 1 aromatic carbocycles. The maximum atomic E-state index is 12.5. The zero-order valence-corrected chi connectivity index (χ0v) is 17.9. The minimum atomic E-state index is 0.0796. The van der Waals surface area contributed by atoms with E-state index < -0.39 is 0 Å². The van der Waals surface area contributed by atoms with Gasteiger partial charge in [-0.2, -0.15) is 0 Å². The average Bonchev–Trinajstić information content (AvgIpc) is 2.70. The third-order valence-electron chi connectivity index (χ3n) is 6.39. The maximum Gasteiger partial charge on any atom is 0.225 e. The molecular formula is C23H37N3O2. The third-order valence-corrected chi connectivity index (χ3v) is 6.39. The topological polar surface area (TPSA) is 53.6 Å². The van der Waals surface area contributed by atoms with Crippen LogP contribution in [0.3, 0.4) is 0 Å². The van der Waals surface area contributed by atoms with Crippen molar-refractivity contribution in [2.24, 2.45) is 0 Å². The normalized spacial score (nSPS) is 21.2. The van der Waals surface area contributed by atoms with Crippen LogP contribution in [0.1, 0.15) is 56.6 Å². The van der Waals surface area contributed by atoms with Gasteiger partial charge in [0.25, 0.3) is 0 Å². The Hall–Kier alpha value is -1.43.